The standard InChI is InChI=1S/C14H21ClN2O/c1-17(2)13(14(9-16)6-7-14)11-8-10(15)4-5-12(11)18-3/h4-5,8,13H,6-7,9,16H2,1-3H3. The van der Waals surface area contributed by atoms with Gasteiger partial charge in [0.15, 0.2) is 0 Å². The Kier molecular flexibility index (Phi) is 3.85. The van der Waals surface area contributed by atoms with Crippen LogP contribution in [0.1, 0.15) is 24.4 Å². The van der Waals surface area contributed by atoms with E-state index in [1.54, 1.807) is 7.11 Å². The van der Waals surface area contributed by atoms with Crippen LogP contribution in [0.4, 0.5) is 0 Å². The van der Waals surface area contributed by atoms with Crippen molar-refractivity contribution in [3.63, 3.8) is 0 Å². The number of ether oxygens (including phenoxy) is 1. The Morgan fingerprint density at radius 1 is 1.44 bits per heavy atom. The summed E-state index contributed by atoms with van der Waals surface area (Å²) in [5.74, 6) is 0.887. The molecule has 100 valence electrons. The Morgan fingerprint density at radius 2 is 2.11 bits per heavy atom. The predicted molar refractivity (Wildman–Crippen MR) is 75.2 cm³/mol. The van der Waals surface area contributed by atoms with E-state index in [2.05, 4.69) is 19.0 Å². The van der Waals surface area contributed by atoms with Crippen LogP contribution in [0.15, 0.2) is 18.2 Å². The molecule has 0 radical (unpaired) electrons. The Balaban J connectivity index is 2.46. The van der Waals surface area contributed by atoms with Crippen LogP contribution in [-0.4, -0.2) is 32.6 Å². The molecule has 2 rings (SSSR count). The van der Waals surface area contributed by atoms with E-state index in [-0.39, 0.29) is 11.5 Å². The summed E-state index contributed by atoms with van der Waals surface area (Å²) < 4.78 is 5.47. The van der Waals surface area contributed by atoms with Crippen LogP contribution >= 0.6 is 11.6 Å². The van der Waals surface area contributed by atoms with E-state index in [1.165, 1.54) is 12.8 Å². The normalized spacial score (nSPS) is 18.8. The van der Waals surface area contributed by atoms with E-state index < -0.39 is 0 Å². The molecule has 0 heterocycles. The first kappa shape index (κ1) is 13.7. The summed E-state index contributed by atoms with van der Waals surface area (Å²) in [4.78, 5) is 2.22. The maximum absolute atomic E-state index is 6.13. The molecule has 1 fully saturated rings. The molecule has 0 spiro atoms. The molecule has 1 saturated carbocycles. The van der Waals surface area contributed by atoms with E-state index in [0.29, 0.717) is 6.54 Å². The van der Waals surface area contributed by atoms with Gasteiger partial charge in [-0.25, -0.2) is 0 Å². The molecule has 0 bridgehead atoms. The van der Waals surface area contributed by atoms with Crippen molar-refractivity contribution in [2.45, 2.75) is 18.9 Å². The highest BCUT2D eigenvalue weighted by Gasteiger charge is 2.50. The minimum Gasteiger partial charge on any atom is -0.496 e. The van der Waals surface area contributed by atoms with Crippen molar-refractivity contribution in [1.29, 1.82) is 0 Å². The molecular formula is C14H21ClN2O. The zero-order valence-corrected chi connectivity index (χ0v) is 12.0. The van der Waals surface area contributed by atoms with Crippen LogP contribution in [0.5, 0.6) is 5.75 Å². The maximum atomic E-state index is 6.13. The van der Waals surface area contributed by atoms with Gasteiger partial charge >= 0.3 is 0 Å². The van der Waals surface area contributed by atoms with Gasteiger partial charge in [-0.05, 0) is 51.7 Å². The molecule has 0 aromatic heterocycles. The number of hydrogen-bond donors (Lipinski definition) is 1. The van der Waals surface area contributed by atoms with E-state index in [1.807, 2.05) is 18.2 Å². The van der Waals surface area contributed by atoms with Gasteiger partial charge < -0.3 is 15.4 Å². The van der Waals surface area contributed by atoms with Crippen LogP contribution in [0.3, 0.4) is 0 Å². The average Bonchev–Trinajstić information content (AvgIpc) is 3.10. The molecule has 4 heteroatoms. The summed E-state index contributed by atoms with van der Waals surface area (Å²) in [6, 6.07) is 6.05. The number of benzene rings is 1. The Hall–Kier alpha value is -0.770. The fourth-order valence-corrected chi connectivity index (χ4v) is 3.00. The second-order valence-corrected chi connectivity index (χ2v) is 5.76. The molecule has 1 aliphatic carbocycles. The second kappa shape index (κ2) is 5.08. The quantitative estimate of drug-likeness (QED) is 0.892. The summed E-state index contributed by atoms with van der Waals surface area (Å²) in [6.07, 6.45) is 2.34. The van der Waals surface area contributed by atoms with Crippen LogP contribution in [0.25, 0.3) is 0 Å². The minimum absolute atomic E-state index is 0.182. The van der Waals surface area contributed by atoms with Gasteiger partial charge in [0.1, 0.15) is 5.75 Å². The molecule has 1 atom stereocenters. The zero-order valence-electron chi connectivity index (χ0n) is 11.2. The van der Waals surface area contributed by atoms with Crippen molar-refractivity contribution >= 4 is 11.6 Å². The molecule has 18 heavy (non-hydrogen) atoms. The first-order chi connectivity index (χ1) is 8.54. The van der Waals surface area contributed by atoms with Crippen molar-refractivity contribution in [2.24, 2.45) is 11.1 Å². The fourth-order valence-electron chi connectivity index (χ4n) is 2.82. The molecule has 1 aromatic rings. The lowest BCUT2D eigenvalue weighted by Gasteiger charge is -2.33. The lowest BCUT2D eigenvalue weighted by atomic mass is 9.88. The number of methoxy groups -OCH3 is 1. The van der Waals surface area contributed by atoms with Gasteiger partial charge in [0.05, 0.1) is 7.11 Å². The molecule has 1 aliphatic rings. The van der Waals surface area contributed by atoms with Gasteiger partial charge in [0.25, 0.3) is 0 Å². The molecule has 0 amide bonds. The monoisotopic (exact) mass is 268 g/mol. The topological polar surface area (TPSA) is 38.5 Å². The Bertz CT molecular complexity index is 430. The number of nitrogens with zero attached hydrogens (tertiary/aromatic N) is 1. The number of halogens is 1. The average molecular weight is 269 g/mol. The molecule has 0 aliphatic heterocycles. The van der Waals surface area contributed by atoms with Gasteiger partial charge in [0, 0.05) is 22.0 Å². The summed E-state index contributed by atoms with van der Waals surface area (Å²) in [7, 11) is 5.86. The summed E-state index contributed by atoms with van der Waals surface area (Å²) in [5, 5.41) is 0.741. The van der Waals surface area contributed by atoms with Gasteiger partial charge in [-0.3, -0.25) is 0 Å². The van der Waals surface area contributed by atoms with Crippen LogP contribution in [-0.2, 0) is 0 Å². The summed E-state index contributed by atoms with van der Waals surface area (Å²) >= 11 is 6.13. The van der Waals surface area contributed by atoms with E-state index in [4.69, 9.17) is 22.1 Å². The van der Waals surface area contributed by atoms with Crippen molar-refractivity contribution in [1.82, 2.24) is 4.90 Å². The van der Waals surface area contributed by atoms with Crippen LogP contribution in [0.2, 0.25) is 5.02 Å². The Labute approximate surface area is 114 Å². The van der Waals surface area contributed by atoms with E-state index >= 15 is 0 Å². The van der Waals surface area contributed by atoms with Crippen molar-refractivity contribution in [3.8, 4) is 5.75 Å². The maximum Gasteiger partial charge on any atom is 0.123 e. The highest BCUT2D eigenvalue weighted by atomic mass is 35.5. The van der Waals surface area contributed by atoms with Crippen LogP contribution < -0.4 is 10.5 Å². The number of hydrogen-bond acceptors (Lipinski definition) is 3. The lowest BCUT2D eigenvalue weighted by Crippen LogP contribution is -2.33. The first-order valence-corrected chi connectivity index (χ1v) is 6.62. The molecular weight excluding hydrogens is 248 g/mol. The van der Waals surface area contributed by atoms with E-state index in [0.717, 1.165) is 16.3 Å². The summed E-state index contributed by atoms with van der Waals surface area (Å²) in [5.41, 5.74) is 7.29. The third-order valence-electron chi connectivity index (χ3n) is 3.88. The number of rotatable bonds is 5. The van der Waals surface area contributed by atoms with Crippen molar-refractivity contribution in [3.05, 3.63) is 28.8 Å². The van der Waals surface area contributed by atoms with Crippen molar-refractivity contribution in [2.75, 3.05) is 27.7 Å². The van der Waals surface area contributed by atoms with E-state index in [9.17, 15) is 0 Å². The highest BCUT2D eigenvalue weighted by molar-refractivity contribution is 6.30. The third-order valence-corrected chi connectivity index (χ3v) is 4.12. The molecule has 1 aromatic carbocycles. The fraction of sp³-hybridized carbons (Fsp3) is 0.571. The molecule has 1 unspecified atom stereocenters. The first-order valence-electron chi connectivity index (χ1n) is 6.24. The van der Waals surface area contributed by atoms with Crippen molar-refractivity contribution < 1.29 is 4.74 Å². The Morgan fingerprint density at radius 3 is 2.56 bits per heavy atom. The van der Waals surface area contributed by atoms with Gasteiger partial charge in [-0.1, -0.05) is 11.6 Å². The molecule has 2 N–H and O–H groups in total. The lowest BCUT2D eigenvalue weighted by molar-refractivity contribution is 0.193. The molecule has 3 nitrogen and oxygen atoms in total. The third kappa shape index (κ3) is 2.35. The largest absolute Gasteiger partial charge is 0.496 e. The predicted octanol–water partition coefficient (Wildman–Crippen LogP) is 2.69. The van der Waals surface area contributed by atoms with Gasteiger partial charge in [-0.2, -0.15) is 0 Å². The minimum atomic E-state index is 0.182. The highest BCUT2D eigenvalue weighted by Crippen LogP contribution is 2.57. The smallest absolute Gasteiger partial charge is 0.123 e. The van der Waals surface area contributed by atoms with Gasteiger partial charge in [0.2, 0.25) is 0 Å². The number of nitrogens with two attached hydrogens (primary N) is 1. The zero-order chi connectivity index (χ0) is 13.3. The second-order valence-electron chi connectivity index (χ2n) is 5.32. The van der Waals surface area contributed by atoms with Crippen LogP contribution in [0, 0.1) is 5.41 Å². The summed E-state index contributed by atoms with van der Waals surface area (Å²) in [6.45, 7) is 0.700. The van der Waals surface area contributed by atoms with Gasteiger partial charge in [-0.15, -0.1) is 0 Å². The molecule has 0 saturated heterocycles. The SMILES string of the molecule is COc1ccc(Cl)cc1C(N(C)C)C1(CN)CC1.